The van der Waals surface area contributed by atoms with Crippen LogP contribution >= 0.6 is 11.3 Å². The van der Waals surface area contributed by atoms with Gasteiger partial charge in [-0.2, -0.15) is 0 Å². The van der Waals surface area contributed by atoms with Gasteiger partial charge in [0.25, 0.3) is 5.91 Å². The number of rotatable bonds is 8. The number of benzene rings is 1. The van der Waals surface area contributed by atoms with Crippen LogP contribution in [0.4, 0.5) is 0 Å². The van der Waals surface area contributed by atoms with Gasteiger partial charge in [-0.3, -0.25) is 4.79 Å². The van der Waals surface area contributed by atoms with Crippen molar-refractivity contribution in [2.75, 3.05) is 6.54 Å². The van der Waals surface area contributed by atoms with Gasteiger partial charge in [0.15, 0.2) is 6.04 Å². The summed E-state index contributed by atoms with van der Waals surface area (Å²) in [6.45, 7) is 9.07. The number of hydrogen-bond acceptors (Lipinski definition) is 2. The van der Waals surface area contributed by atoms with Gasteiger partial charge in [0.2, 0.25) is 0 Å². The molecule has 1 amide bonds. The lowest BCUT2D eigenvalue weighted by molar-refractivity contribution is -0.704. The number of carbonyl (C=O) groups excluding carboxylic acids is 1. The number of thiophene rings is 1. The molecule has 0 bridgehead atoms. The first-order chi connectivity index (χ1) is 11.6. The number of likely N-dealkylation sites (N-methyl/N-ethyl adjacent to an activating group) is 1. The third-order valence-corrected chi connectivity index (χ3v) is 5.53. The summed E-state index contributed by atoms with van der Waals surface area (Å²) in [6.07, 6.45) is 1.15. The Kier molecular flexibility index (Phi) is 7.00. The molecule has 0 fully saturated rings. The first kappa shape index (κ1) is 18.7. The maximum Gasteiger partial charge on any atom is 0.277 e. The molecule has 0 aliphatic heterocycles. The van der Waals surface area contributed by atoms with E-state index in [-0.39, 0.29) is 18.0 Å². The van der Waals surface area contributed by atoms with E-state index in [4.69, 9.17) is 0 Å². The number of amides is 1. The van der Waals surface area contributed by atoms with E-state index in [9.17, 15) is 4.79 Å². The lowest BCUT2D eigenvalue weighted by Gasteiger charge is -2.20. The van der Waals surface area contributed by atoms with Crippen LogP contribution in [0, 0.1) is 0 Å². The van der Waals surface area contributed by atoms with Crippen molar-refractivity contribution in [2.24, 2.45) is 0 Å². The maximum atomic E-state index is 12.1. The minimum Gasteiger partial charge on any atom is -0.351 e. The van der Waals surface area contributed by atoms with E-state index >= 15 is 0 Å². The fraction of sp³-hybridized carbons (Fsp3) is 0.450. The summed E-state index contributed by atoms with van der Waals surface area (Å²) in [5, 5.41) is 7.17. The van der Waals surface area contributed by atoms with Gasteiger partial charge in [-0.25, -0.2) is 0 Å². The molecule has 0 saturated heterocycles. The molecule has 0 radical (unpaired) electrons. The molecule has 24 heavy (non-hydrogen) atoms. The zero-order valence-electron chi connectivity index (χ0n) is 15.1. The van der Waals surface area contributed by atoms with Crippen LogP contribution in [-0.2, 0) is 4.79 Å². The van der Waals surface area contributed by atoms with Gasteiger partial charge in [-0.15, -0.1) is 11.3 Å². The summed E-state index contributed by atoms with van der Waals surface area (Å²) in [5.41, 5.74) is 2.63. The average molecular weight is 346 g/mol. The second-order valence-electron chi connectivity index (χ2n) is 6.34. The van der Waals surface area contributed by atoms with E-state index in [1.165, 1.54) is 16.0 Å². The van der Waals surface area contributed by atoms with Crippen LogP contribution in [0.15, 0.2) is 41.8 Å². The Labute approximate surface area is 149 Å². The Morgan fingerprint density at radius 3 is 2.33 bits per heavy atom. The van der Waals surface area contributed by atoms with E-state index in [1.54, 1.807) is 11.3 Å². The van der Waals surface area contributed by atoms with Crippen LogP contribution in [0.2, 0.25) is 0 Å². The van der Waals surface area contributed by atoms with Gasteiger partial charge in [0.05, 0.1) is 4.88 Å². The van der Waals surface area contributed by atoms with E-state index in [1.807, 2.05) is 13.8 Å². The van der Waals surface area contributed by atoms with Gasteiger partial charge in [0.1, 0.15) is 6.04 Å². The average Bonchev–Trinajstić information content (AvgIpc) is 3.13. The molecule has 0 saturated carbocycles. The van der Waals surface area contributed by atoms with Crippen LogP contribution in [0.5, 0.6) is 0 Å². The van der Waals surface area contributed by atoms with Crippen LogP contribution in [0.3, 0.4) is 0 Å². The highest BCUT2D eigenvalue weighted by molar-refractivity contribution is 7.10. The zero-order valence-corrected chi connectivity index (χ0v) is 15.9. The quantitative estimate of drug-likeness (QED) is 0.756. The Bertz CT molecular complexity index is 622. The molecule has 3 atom stereocenters. The van der Waals surface area contributed by atoms with Crippen molar-refractivity contribution >= 4 is 17.2 Å². The second kappa shape index (κ2) is 9.00. The van der Waals surface area contributed by atoms with Crippen molar-refractivity contribution in [3.05, 3.63) is 57.8 Å². The molecule has 0 unspecified atom stereocenters. The topological polar surface area (TPSA) is 45.7 Å². The molecule has 0 spiro atoms. The molecule has 0 aliphatic carbocycles. The summed E-state index contributed by atoms with van der Waals surface area (Å²) >= 11 is 1.74. The van der Waals surface area contributed by atoms with Crippen LogP contribution in [-0.4, -0.2) is 18.5 Å². The largest absolute Gasteiger partial charge is 0.351 e. The summed E-state index contributed by atoms with van der Waals surface area (Å²) in [5.74, 6) is 0.674. The minimum atomic E-state index is -0.119. The van der Waals surface area contributed by atoms with Crippen molar-refractivity contribution in [2.45, 2.75) is 52.1 Å². The smallest absolute Gasteiger partial charge is 0.277 e. The maximum absolute atomic E-state index is 12.1. The van der Waals surface area contributed by atoms with Gasteiger partial charge >= 0.3 is 0 Å². The van der Waals surface area contributed by atoms with Gasteiger partial charge in [0, 0.05) is 12.1 Å². The molecule has 3 N–H and O–H groups in total. The lowest BCUT2D eigenvalue weighted by atomic mass is 9.95. The van der Waals surface area contributed by atoms with Crippen molar-refractivity contribution < 1.29 is 10.1 Å². The fourth-order valence-corrected chi connectivity index (χ4v) is 3.65. The first-order valence-corrected chi connectivity index (χ1v) is 9.70. The molecule has 1 heterocycles. The highest BCUT2D eigenvalue weighted by atomic mass is 32.1. The normalized spacial score (nSPS) is 14.8. The molecule has 0 aliphatic rings. The predicted molar refractivity (Wildman–Crippen MR) is 101 cm³/mol. The van der Waals surface area contributed by atoms with Crippen LogP contribution < -0.4 is 10.6 Å². The number of quaternary nitrogens is 1. The summed E-state index contributed by atoms with van der Waals surface area (Å²) < 4.78 is 0. The molecule has 1 aromatic heterocycles. The molecule has 2 aromatic rings. The second-order valence-corrected chi connectivity index (χ2v) is 7.32. The third kappa shape index (κ3) is 4.68. The number of nitrogens with two attached hydrogens (primary N) is 1. The zero-order chi connectivity index (χ0) is 17.5. The van der Waals surface area contributed by atoms with E-state index in [2.05, 4.69) is 66.3 Å². The van der Waals surface area contributed by atoms with Crippen LogP contribution in [0.1, 0.15) is 62.1 Å². The SMILES string of the molecule is CCNC(=O)[C@H](C)[NH2+][C@@H](c1ccc([C@H](C)CC)cc1)c1cccs1. The molecule has 3 nitrogen and oxygen atoms in total. The van der Waals surface area contributed by atoms with E-state index in [0.29, 0.717) is 12.5 Å². The summed E-state index contributed by atoms with van der Waals surface area (Å²) in [6, 6.07) is 13.2. The van der Waals surface area contributed by atoms with Gasteiger partial charge in [-0.05, 0) is 43.2 Å². The number of nitrogens with one attached hydrogen (secondary N) is 1. The van der Waals surface area contributed by atoms with Gasteiger partial charge in [-0.1, -0.05) is 44.2 Å². The van der Waals surface area contributed by atoms with Crippen molar-refractivity contribution in [3.63, 3.8) is 0 Å². The molecular formula is C20H29N2OS+. The van der Waals surface area contributed by atoms with Crippen molar-refractivity contribution in [1.29, 1.82) is 0 Å². The van der Waals surface area contributed by atoms with E-state index < -0.39 is 0 Å². The molecule has 2 rings (SSSR count). The fourth-order valence-electron chi connectivity index (χ4n) is 2.82. The standard InChI is InChI=1S/C20H28N2OS/c1-5-14(3)16-9-11-17(12-10-16)19(18-8-7-13-24-18)22-15(4)20(23)21-6-2/h7-15,19,22H,5-6H2,1-4H3,(H,21,23)/p+1/t14-,15+,19+/m1/s1. The third-order valence-electron chi connectivity index (χ3n) is 4.57. The molecule has 130 valence electrons. The Balaban J connectivity index is 2.22. The lowest BCUT2D eigenvalue weighted by Crippen LogP contribution is -2.92. The Morgan fingerprint density at radius 1 is 1.12 bits per heavy atom. The van der Waals surface area contributed by atoms with Crippen LogP contribution in [0.25, 0.3) is 0 Å². The highest BCUT2D eigenvalue weighted by Crippen LogP contribution is 2.25. The summed E-state index contributed by atoms with van der Waals surface area (Å²) in [4.78, 5) is 13.4. The number of hydrogen-bond donors (Lipinski definition) is 2. The first-order valence-electron chi connectivity index (χ1n) is 8.82. The predicted octanol–water partition coefficient (Wildman–Crippen LogP) is 3.44. The molecule has 4 heteroatoms. The highest BCUT2D eigenvalue weighted by Gasteiger charge is 2.25. The van der Waals surface area contributed by atoms with E-state index in [0.717, 1.165) is 6.42 Å². The summed E-state index contributed by atoms with van der Waals surface area (Å²) in [7, 11) is 0. The van der Waals surface area contributed by atoms with Crippen molar-refractivity contribution in [3.8, 4) is 0 Å². The van der Waals surface area contributed by atoms with Gasteiger partial charge < -0.3 is 10.6 Å². The molecule has 1 aromatic carbocycles. The monoisotopic (exact) mass is 345 g/mol. The Hall–Kier alpha value is -1.65. The number of carbonyl (C=O) groups is 1. The van der Waals surface area contributed by atoms with Crippen molar-refractivity contribution in [1.82, 2.24) is 5.32 Å². The minimum absolute atomic E-state index is 0.0929. The molecular weight excluding hydrogens is 316 g/mol. The Morgan fingerprint density at radius 2 is 1.79 bits per heavy atom.